The zero-order valence-electron chi connectivity index (χ0n) is 27.6. The van der Waals surface area contributed by atoms with Gasteiger partial charge in [-0.05, 0) is 74.0 Å². The molecule has 0 saturated heterocycles. The van der Waals surface area contributed by atoms with Crippen LogP contribution < -0.4 is 0 Å². The Morgan fingerprint density at radius 3 is 0.692 bits per heavy atom. The molecule has 0 heterocycles. The third kappa shape index (κ3) is 63.3. The van der Waals surface area contributed by atoms with Crippen LogP contribution in [0, 0.1) is 23.7 Å². The molecule has 0 spiro atoms. The molecule has 0 unspecified atom stereocenters. The molecule has 4 radical (unpaired) electrons. The fraction of sp³-hybridized carbons (Fsp3) is 0.941. The van der Waals surface area contributed by atoms with E-state index in [-0.39, 0.29) is 16.5 Å². The average Bonchev–Trinajstić information content (AvgIpc) is 2.88. The van der Waals surface area contributed by atoms with Gasteiger partial charge >= 0.3 is 0 Å². The smallest absolute Gasteiger partial charge is 0.281 e. The molecule has 0 aromatic heterocycles. The molecule has 39 heavy (non-hydrogen) atoms. The van der Waals surface area contributed by atoms with Gasteiger partial charge in [-0.15, -0.1) is 17.2 Å². The van der Waals surface area contributed by atoms with Crippen molar-refractivity contribution in [3.05, 3.63) is 0 Å². The van der Waals surface area contributed by atoms with Crippen molar-refractivity contribution in [1.82, 2.24) is 0 Å². The number of carbonyl (C=O) groups excluding carboxylic acids is 2. The SMILES string of the molecule is CC(C)CCCCCPCCCCCC(C)C.CC(C)CCCCCPCCCCCC(C)C.[C]=O.[C]=O.[Ni]. The zero-order valence-corrected chi connectivity index (χ0v) is 30.6. The predicted octanol–water partition coefficient (Wildman–Crippen LogP) is 11.4. The van der Waals surface area contributed by atoms with Gasteiger partial charge in [-0.3, -0.25) is 9.59 Å². The van der Waals surface area contributed by atoms with Crippen molar-refractivity contribution in [2.75, 3.05) is 24.6 Å². The molecule has 0 aliphatic heterocycles. The van der Waals surface area contributed by atoms with Crippen molar-refractivity contribution < 1.29 is 26.1 Å². The summed E-state index contributed by atoms with van der Waals surface area (Å²) in [5.74, 6) is 3.61. The van der Waals surface area contributed by atoms with E-state index in [4.69, 9.17) is 9.59 Å². The van der Waals surface area contributed by atoms with Crippen molar-refractivity contribution in [1.29, 1.82) is 0 Å². The first-order valence-corrected chi connectivity index (χ1v) is 18.9. The molecule has 238 valence electrons. The second-order valence-electron chi connectivity index (χ2n) is 12.5. The minimum Gasteiger partial charge on any atom is -0.281 e. The Balaban J connectivity index is -0.000000171. The maximum atomic E-state index is 7.50. The second-order valence-corrected chi connectivity index (χ2v) is 15.5. The topological polar surface area (TPSA) is 34.1 Å². The van der Waals surface area contributed by atoms with Crippen LogP contribution in [0.1, 0.15) is 158 Å². The Bertz CT molecular complexity index is 325. The summed E-state index contributed by atoms with van der Waals surface area (Å²) in [5.41, 5.74) is 0. The molecule has 0 saturated carbocycles. The van der Waals surface area contributed by atoms with Crippen LogP contribution in [0.25, 0.3) is 0 Å². The van der Waals surface area contributed by atoms with Crippen LogP contribution in [0.2, 0.25) is 0 Å². The summed E-state index contributed by atoms with van der Waals surface area (Å²) in [5, 5.41) is 0. The van der Waals surface area contributed by atoms with Crippen LogP contribution in [-0.4, -0.2) is 38.2 Å². The van der Waals surface area contributed by atoms with E-state index in [9.17, 15) is 0 Å². The largest absolute Gasteiger partial charge is 0.281 e. The van der Waals surface area contributed by atoms with Crippen LogP contribution in [-0.2, 0) is 26.1 Å². The molecule has 0 fully saturated rings. The normalized spacial score (nSPS) is 10.4. The van der Waals surface area contributed by atoms with Gasteiger partial charge in [0.2, 0.25) is 0 Å². The van der Waals surface area contributed by atoms with Crippen molar-refractivity contribution in [3.63, 3.8) is 0 Å². The van der Waals surface area contributed by atoms with E-state index in [1.54, 1.807) is 0 Å². The minimum absolute atomic E-state index is 0. The molecule has 0 aliphatic rings. The Hall–Kier alpha value is 0.694. The Labute approximate surface area is 262 Å². The van der Waals surface area contributed by atoms with E-state index in [1.165, 1.54) is 145 Å². The molecule has 0 N–H and O–H groups in total. The van der Waals surface area contributed by atoms with Gasteiger partial charge in [0.25, 0.3) is 13.6 Å². The van der Waals surface area contributed by atoms with Gasteiger partial charge in [-0.1, -0.05) is 132 Å². The zero-order chi connectivity index (χ0) is 29.9. The fourth-order valence-corrected chi connectivity index (χ4v) is 6.67. The van der Waals surface area contributed by atoms with Crippen LogP contribution >= 0.6 is 17.2 Å². The van der Waals surface area contributed by atoms with Gasteiger partial charge in [-0.2, -0.15) is 0 Å². The van der Waals surface area contributed by atoms with Crippen LogP contribution in [0.3, 0.4) is 0 Å². The summed E-state index contributed by atoms with van der Waals surface area (Å²) >= 11 is 0. The van der Waals surface area contributed by atoms with Crippen LogP contribution in [0.15, 0.2) is 0 Å². The van der Waals surface area contributed by atoms with Crippen molar-refractivity contribution >= 4 is 30.7 Å². The van der Waals surface area contributed by atoms with Crippen molar-refractivity contribution in [2.45, 2.75) is 158 Å². The molecule has 0 aromatic carbocycles. The molecule has 0 aromatic rings. The Morgan fingerprint density at radius 2 is 0.538 bits per heavy atom. The van der Waals surface area contributed by atoms with Gasteiger partial charge in [-0.25, -0.2) is 0 Å². The summed E-state index contributed by atoms with van der Waals surface area (Å²) in [6.45, 7) is 27.7. The van der Waals surface area contributed by atoms with Gasteiger partial charge < -0.3 is 0 Å². The number of hydrogen-bond acceptors (Lipinski definition) is 2. The quantitative estimate of drug-likeness (QED) is 0.0604. The standard InChI is InChI=1S/2C16H35P.2CO.Ni/c2*1-15(2)11-7-5-9-13-17-14-10-6-8-12-16(3)4;2*1-2;/h2*15-17H,5-14H2,1-4H3;;;. The summed E-state index contributed by atoms with van der Waals surface area (Å²) < 4.78 is 0. The first-order valence-electron chi connectivity index (χ1n) is 16.1. The van der Waals surface area contributed by atoms with Crippen molar-refractivity contribution in [2.24, 2.45) is 23.7 Å². The predicted molar refractivity (Wildman–Crippen MR) is 181 cm³/mol. The summed E-state index contributed by atoms with van der Waals surface area (Å²) in [7, 11) is 2.49. The van der Waals surface area contributed by atoms with Gasteiger partial charge in [0.05, 0.1) is 0 Å². The van der Waals surface area contributed by atoms with Gasteiger partial charge in [0, 0.05) is 16.5 Å². The molecule has 0 bridgehead atoms. The summed E-state index contributed by atoms with van der Waals surface area (Å²) in [4.78, 5) is 15.0. The molecule has 5 heteroatoms. The van der Waals surface area contributed by atoms with Crippen molar-refractivity contribution in [3.8, 4) is 0 Å². The Kier molecular flexibility index (Phi) is 57.8. The molecular formula is C34H70NiO2P2. The first-order chi connectivity index (χ1) is 18.3. The van der Waals surface area contributed by atoms with Gasteiger partial charge in [0.15, 0.2) is 0 Å². The molecular weight excluding hydrogens is 561 g/mol. The number of rotatable bonds is 24. The van der Waals surface area contributed by atoms with E-state index in [0.717, 1.165) is 23.7 Å². The molecule has 0 amide bonds. The molecule has 2 nitrogen and oxygen atoms in total. The monoisotopic (exact) mass is 630 g/mol. The minimum atomic E-state index is 0. The second kappa shape index (κ2) is 45.7. The van der Waals surface area contributed by atoms with Gasteiger partial charge in [0.1, 0.15) is 0 Å². The summed E-state index contributed by atoms with van der Waals surface area (Å²) in [6, 6.07) is 0. The molecule has 0 aliphatic carbocycles. The number of hydrogen-bond donors (Lipinski definition) is 0. The third-order valence-corrected chi connectivity index (χ3v) is 9.37. The van der Waals surface area contributed by atoms with Crippen LogP contribution in [0.5, 0.6) is 0 Å². The van der Waals surface area contributed by atoms with E-state index in [2.05, 4.69) is 69.0 Å². The van der Waals surface area contributed by atoms with E-state index in [1.807, 2.05) is 0 Å². The molecule has 0 rings (SSSR count). The number of unbranched alkanes of at least 4 members (excludes halogenated alkanes) is 8. The maximum Gasteiger partial charge on any atom is 0.281 e. The van der Waals surface area contributed by atoms with Crippen LogP contribution in [0.4, 0.5) is 0 Å². The maximum absolute atomic E-state index is 7.50. The third-order valence-electron chi connectivity index (χ3n) is 6.54. The fourth-order valence-electron chi connectivity index (χ4n) is 4.17. The summed E-state index contributed by atoms with van der Waals surface area (Å²) in [6.07, 6.45) is 29.4. The van der Waals surface area contributed by atoms with E-state index >= 15 is 0 Å². The molecule has 0 atom stereocenters. The average molecular weight is 632 g/mol. The first kappa shape index (κ1) is 49.4. The van der Waals surface area contributed by atoms with E-state index < -0.39 is 0 Å². The Morgan fingerprint density at radius 1 is 0.359 bits per heavy atom. The van der Waals surface area contributed by atoms with E-state index in [0.29, 0.717) is 0 Å².